The molecule has 0 amide bonds. The van der Waals surface area contributed by atoms with Crippen molar-refractivity contribution in [1.29, 1.82) is 0 Å². The van der Waals surface area contributed by atoms with Crippen LogP contribution in [0.5, 0.6) is 0 Å². The van der Waals surface area contributed by atoms with Gasteiger partial charge in [0.15, 0.2) is 0 Å². The maximum Gasteiger partial charge on any atom is 0.0821 e. The fourth-order valence-electron chi connectivity index (χ4n) is 2.87. The molecule has 1 aliphatic heterocycles. The summed E-state index contributed by atoms with van der Waals surface area (Å²) in [5.41, 5.74) is 1.38. The van der Waals surface area contributed by atoms with Gasteiger partial charge in [0.2, 0.25) is 0 Å². The zero-order chi connectivity index (χ0) is 12.8. The number of nitrogens with zero attached hydrogens (tertiary/aromatic N) is 2. The van der Waals surface area contributed by atoms with Gasteiger partial charge >= 0.3 is 0 Å². The molecule has 0 aromatic heterocycles. The highest BCUT2D eigenvalue weighted by Crippen LogP contribution is 2.26. The van der Waals surface area contributed by atoms with Gasteiger partial charge in [-0.05, 0) is 25.0 Å². The number of hydrogen-bond acceptors (Lipinski definition) is 2. The minimum atomic E-state index is 0.615. The quantitative estimate of drug-likeness (QED) is 0.754. The van der Waals surface area contributed by atoms with Gasteiger partial charge < -0.3 is 4.90 Å². The Labute approximate surface area is 112 Å². The van der Waals surface area contributed by atoms with Crippen LogP contribution >= 0.6 is 0 Å². The number of rotatable bonds is 6. The lowest BCUT2D eigenvalue weighted by atomic mass is 10.2. The first kappa shape index (κ1) is 13.4. The average molecular weight is 246 g/mol. The van der Waals surface area contributed by atoms with Crippen molar-refractivity contribution in [2.75, 3.05) is 24.5 Å². The van der Waals surface area contributed by atoms with Crippen LogP contribution in [0.3, 0.4) is 0 Å². The van der Waals surface area contributed by atoms with Crippen molar-refractivity contribution in [2.24, 2.45) is 0 Å². The normalized spacial score (nSPS) is 20.6. The molecule has 1 aliphatic rings. The van der Waals surface area contributed by atoms with Crippen LogP contribution in [-0.2, 0) is 0 Å². The Balaban J connectivity index is 2.06. The van der Waals surface area contributed by atoms with Crippen molar-refractivity contribution in [3.05, 3.63) is 30.3 Å². The van der Waals surface area contributed by atoms with E-state index in [-0.39, 0.29) is 0 Å². The average Bonchev–Trinajstić information content (AvgIpc) is 2.81. The second-order valence-electron chi connectivity index (χ2n) is 5.19. The number of para-hydroxylation sites is 1. The van der Waals surface area contributed by atoms with E-state index in [1.165, 1.54) is 51.0 Å². The highest BCUT2D eigenvalue weighted by molar-refractivity contribution is 5.47. The van der Waals surface area contributed by atoms with Crippen LogP contribution in [0.2, 0.25) is 0 Å². The minimum absolute atomic E-state index is 0.615. The first-order valence-electron chi connectivity index (χ1n) is 7.42. The van der Waals surface area contributed by atoms with Crippen molar-refractivity contribution in [1.82, 2.24) is 4.90 Å². The Hall–Kier alpha value is -1.02. The van der Waals surface area contributed by atoms with Gasteiger partial charge in [-0.1, -0.05) is 44.9 Å². The molecule has 1 aromatic rings. The van der Waals surface area contributed by atoms with E-state index in [0.717, 1.165) is 0 Å². The first-order chi connectivity index (χ1) is 8.86. The molecule has 18 heavy (non-hydrogen) atoms. The molecule has 2 nitrogen and oxygen atoms in total. The molecular weight excluding hydrogens is 220 g/mol. The van der Waals surface area contributed by atoms with E-state index >= 15 is 0 Å². The molecule has 1 aromatic carbocycles. The summed E-state index contributed by atoms with van der Waals surface area (Å²) in [4.78, 5) is 5.25. The van der Waals surface area contributed by atoms with E-state index < -0.39 is 0 Å². The molecule has 1 saturated heterocycles. The summed E-state index contributed by atoms with van der Waals surface area (Å²) in [6.45, 7) is 8.22. The number of unbranched alkanes of at least 4 members (excludes halogenated alkanes) is 1. The molecule has 2 heteroatoms. The molecule has 1 heterocycles. The van der Waals surface area contributed by atoms with Gasteiger partial charge in [0, 0.05) is 25.3 Å². The molecule has 0 radical (unpaired) electrons. The number of anilines is 1. The molecule has 0 saturated carbocycles. The van der Waals surface area contributed by atoms with Crippen LogP contribution in [0.4, 0.5) is 5.69 Å². The molecule has 1 atom stereocenters. The number of hydrogen-bond donors (Lipinski definition) is 0. The van der Waals surface area contributed by atoms with E-state index in [2.05, 4.69) is 54.0 Å². The van der Waals surface area contributed by atoms with Crippen molar-refractivity contribution in [2.45, 2.75) is 45.7 Å². The second-order valence-corrected chi connectivity index (χ2v) is 5.19. The zero-order valence-corrected chi connectivity index (χ0v) is 11.8. The lowest BCUT2D eigenvalue weighted by Crippen LogP contribution is -2.39. The summed E-state index contributed by atoms with van der Waals surface area (Å²) in [6, 6.07) is 10.9. The second kappa shape index (κ2) is 6.79. The SMILES string of the molecule is CCCCN1CCN(c2ccccc2)C1CCC. The maximum atomic E-state index is 2.67. The van der Waals surface area contributed by atoms with E-state index in [1.54, 1.807) is 0 Å². The van der Waals surface area contributed by atoms with Gasteiger partial charge in [-0.15, -0.1) is 0 Å². The fraction of sp³-hybridized carbons (Fsp3) is 0.625. The molecule has 0 N–H and O–H groups in total. The van der Waals surface area contributed by atoms with Gasteiger partial charge in [-0.3, -0.25) is 4.90 Å². The van der Waals surface area contributed by atoms with Crippen LogP contribution < -0.4 is 4.90 Å². The van der Waals surface area contributed by atoms with Gasteiger partial charge in [0.25, 0.3) is 0 Å². The minimum Gasteiger partial charge on any atom is -0.354 e. The van der Waals surface area contributed by atoms with Gasteiger partial charge in [0.05, 0.1) is 6.17 Å². The van der Waals surface area contributed by atoms with E-state index in [1.807, 2.05) is 0 Å². The molecule has 0 bridgehead atoms. The Bertz CT molecular complexity index is 336. The van der Waals surface area contributed by atoms with Gasteiger partial charge in [0.1, 0.15) is 0 Å². The standard InChI is InChI=1S/C16H26N2/c1-3-5-12-17-13-14-18(16(17)9-4-2)15-10-7-6-8-11-15/h6-8,10-11,16H,3-5,9,12-14H2,1-2H3. The van der Waals surface area contributed by atoms with Crippen LogP contribution in [-0.4, -0.2) is 30.7 Å². The summed E-state index contributed by atoms with van der Waals surface area (Å²) < 4.78 is 0. The summed E-state index contributed by atoms with van der Waals surface area (Å²) in [6.07, 6.45) is 5.77. The summed E-state index contributed by atoms with van der Waals surface area (Å²) in [5, 5.41) is 0. The predicted octanol–water partition coefficient (Wildman–Crippen LogP) is 3.73. The van der Waals surface area contributed by atoms with Crippen LogP contribution in [0.15, 0.2) is 30.3 Å². The third-order valence-electron chi connectivity index (χ3n) is 3.84. The lowest BCUT2D eigenvalue weighted by molar-refractivity contribution is 0.239. The van der Waals surface area contributed by atoms with Crippen molar-refractivity contribution in [3.63, 3.8) is 0 Å². The molecule has 1 unspecified atom stereocenters. The van der Waals surface area contributed by atoms with Crippen molar-refractivity contribution in [3.8, 4) is 0 Å². The monoisotopic (exact) mass is 246 g/mol. The van der Waals surface area contributed by atoms with Crippen LogP contribution in [0.1, 0.15) is 39.5 Å². The third kappa shape index (κ3) is 3.05. The molecule has 0 spiro atoms. The zero-order valence-electron chi connectivity index (χ0n) is 11.8. The smallest absolute Gasteiger partial charge is 0.0821 e. The van der Waals surface area contributed by atoms with Crippen molar-refractivity contribution < 1.29 is 0 Å². The Morgan fingerprint density at radius 2 is 1.83 bits per heavy atom. The van der Waals surface area contributed by atoms with Gasteiger partial charge in [-0.2, -0.15) is 0 Å². The number of benzene rings is 1. The van der Waals surface area contributed by atoms with Gasteiger partial charge in [-0.25, -0.2) is 0 Å². The fourth-order valence-corrected chi connectivity index (χ4v) is 2.87. The first-order valence-corrected chi connectivity index (χ1v) is 7.42. The largest absolute Gasteiger partial charge is 0.354 e. The van der Waals surface area contributed by atoms with Crippen LogP contribution in [0, 0.1) is 0 Å². The molecule has 2 rings (SSSR count). The van der Waals surface area contributed by atoms with Crippen molar-refractivity contribution >= 4 is 5.69 Å². The summed E-state index contributed by atoms with van der Waals surface area (Å²) >= 11 is 0. The summed E-state index contributed by atoms with van der Waals surface area (Å²) in [7, 11) is 0. The Morgan fingerprint density at radius 3 is 2.50 bits per heavy atom. The van der Waals surface area contributed by atoms with E-state index in [4.69, 9.17) is 0 Å². The highest BCUT2D eigenvalue weighted by Gasteiger charge is 2.30. The topological polar surface area (TPSA) is 6.48 Å². The van der Waals surface area contributed by atoms with E-state index in [9.17, 15) is 0 Å². The summed E-state index contributed by atoms with van der Waals surface area (Å²) in [5.74, 6) is 0. The predicted molar refractivity (Wildman–Crippen MR) is 79.0 cm³/mol. The molecule has 0 aliphatic carbocycles. The Kier molecular flexibility index (Phi) is 5.06. The molecular formula is C16H26N2. The third-order valence-corrected chi connectivity index (χ3v) is 3.84. The van der Waals surface area contributed by atoms with Crippen LogP contribution in [0.25, 0.3) is 0 Å². The molecule has 100 valence electrons. The highest BCUT2D eigenvalue weighted by atomic mass is 15.4. The Morgan fingerprint density at radius 1 is 1.06 bits per heavy atom. The lowest BCUT2D eigenvalue weighted by Gasteiger charge is -2.31. The maximum absolute atomic E-state index is 2.67. The molecule has 1 fully saturated rings. The van der Waals surface area contributed by atoms with E-state index in [0.29, 0.717) is 6.17 Å².